The number of benzene rings is 1. The summed E-state index contributed by atoms with van der Waals surface area (Å²) in [5, 5.41) is 0. The predicted octanol–water partition coefficient (Wildman–Crippen LogP) is 2.50. The van der Waals surface area contributed by atoms with Crippen LogP contribution in [0.15, 0.2) is 28.7 Å². The maximum Gasteiger partial charge on any atom is 0.242 e. The molecule has 1 amide bonds. The van der Waals surface area contributed by atoms with Gasteiger partial charge in [-0.15, -0.1) is 0 Å². The van der Waals surface area contributed by atoms with Gasteiger partial charge in [0.05, 0.1) is 5.54 Å². The van der Waals surface area contributed by atoms with Crippen molar-refractivity contribution in [2.75, 3.05) is 20.1 Å². The van der Waals surface area contributed by atoms with Gasteiger partial charge in [-0.2, -0.15) is 0 Å². The smallest absolute Gasteiger partial charge is 0.242 e. The highest BCUT2D eigenvalue weighted by molar-refractivity contribution is 9.10. The second-order valence-corrected chi connectivity index (χ2v) is 6.15. The van der Waals surface area contributed by atoms with E-state index in [0.717, 1.165) is 24.1 Å². The summed E-state index contributed by atoms with van der Waals surface area (Å²) in [6, 6.07) is 8.18. The molecule has 1 fully saturated rings. The highest BCUT2D eigenvalue weighted by Crippen LogP contribution is 2.26. The Morgan fingerprint density at radius 2 is 1.94 bits per heavy atom. The molecule has 0 spiro atoms. The van der Waals surface area contributed by atoms with Crippen molar-refractivity contribution >= 4 is 21.8 Å². The Morgan fingerprint density at radius 1 is 1.28 bits per heavy atom. The maximum absolute atomic E-state index is 12.2. The maximum atomic E-state index is 12.2. The van der Waals surface area contributed by atoms with E-state index in [1.54, 1.807) is 0 Å². The summed E-state index contributed by atoms with van der Waals surface area (Å²) in [6.07, 6.45) is 0. The summed E-state index contributed by atoms with van der Waals surface area (Å²) in [4.78, 5) is 16.3. The van der Waals surface area contributed by atoms with Gasteiger partial charge in [-0.05, 0) is 25.5 Å². The summed E-state index contributed by atoms with van der Waals surface area (Å²) in [7, 11) is 1.87. The minimum absolute atomic E-state index is 0.195. The molecule has 1 heterocycles. The van der Waals surface area contributed by atoms with Gasteiger partial charge in [-0.1, -0.05) is 34.1 Å². The molecule has 1 aliphatic rings. The SMILES string of the molecule is CN1CCN(Cc2ccccc2Br)C(C)(C)C1=O. The second kappa shape index (κ2) is 5.02. The van der Waals surface area contributed by atoms with Crippen molar-refractivity contribution in [1.29, 1.82) is 0 Å². The number of halogens is 1. The van der Waals surface area contributed by atoms with Crippen molar-refractivity contribution in [3.63, 3.8) is 0 Å². The first kappa shape index (κ1) is 13.6. The van der Waals surface area contributed by atoms with Crippen LogP contribution < -0.4 is 0 Å². The lowest BCUT2D eigenvalue weighted by Crippen LogP contribution is -2.61. The van der Waals surface area contributed by atoms with E-state index in [1.165, 1.54) is 5.56 Å². The number of hydrogen-bond acceptors (Lipinski definition) is 2. The van der Waals surface area contributed by atoms with Crippen LogP contribution in [0.2, 0.25) is 0 Å². The van der Waals surface area contributed by atoms with Crippen molar-refractivity contribution < 1.29 is 4.79 Å². The van der Waals surface area contributed by atoms with Crippen molar-refractivity contribution in [3.8, 4) is 0 Å². The molecule has 0 N–H and O–H groups in total. The van der Waals surface area contributed by atoms with Gasteiger partial charge in [0.15, 0.2) is 0 Å². The molecule has 0 aromatic heterocycles. The van der Waals surface area contributed by atoms with Crippen molar-refractivity contribution in [2.45, 2.75) is 25.9 Å². The third kappa shape index (κ3) is 2.45. The Labute approximate surface area is 117 Å². The van der Waals surface area contributed by atoms with E-state index < -0.39 is 5.54 Å². The van der Waals surface area contributed by atoms with Gasteiger partial charge in [0.2, 0.25) is 5.91 Å². The van der Waals surface area contributed by atoms with E-state index in [-0.39, 0.29) is 5.91 Å². The quantitative estimate of drug-likeness (QED) is 0.838. The van der Waals surface area contributed by atoms with Crippen molar-refractivity contribution in [1.82, 2.24) is 9.80 Å². The summed E-state index contributed by atoms with van der Waals surface area (Å²) in [5.41, 5.74) is 0.797. The van der Waals surface area contributed by atoms with Gasteiger partial charge in [0, 0.05) is 31.2 Å². The second-order valence-electron chi connectivity index (χ2n) is 5.30. The number of carbonyl (C=O) groups is 1. The largest absolute Gasteiger partial charge is 0.343 e. The van der Waals surface area contributed by atoms with Gasteiger partial charge in [0.25, 0.3) is 0 Å². The number of likely N-dealkylation sites (N-methyl/N-ethyl adjacent to an activating group) is 1. The van der Waals surface area contributed by atoms with Crippen LogP contribution in [0, 0.1) is 0 Å². The van der Waals surface area contributed by atoms with Crippen LogP contribution in [0.5, 0.6) is 0 Å². The molecule has 18 heavy (non-hydrogen) atoms. The Bertz CT molecular complexity index is 459. The number of hydrogen-bond donors (Lipinski definition) is 0. The summed E-state index contributed by atoms with van der Waals surface area (Å²) in [6.45, 7) is 6.51. The molecule has 1 aromatic rings. The molecule has 0 atom stereocenters. The molecular formula is C14H19BrN2O. The van der Waals surface area contributed by atoms with E-state index >= 15 is 0 Å². The Balaban J connectivity index is 2.19. The Kier molecular flexibility index (Phi) is 3.78. The summed E-state index contributed by atoms with van der Waals surface area (Å²) in [5.74, 6) is 0.195. The Hall–Kier alpha value is -0.870. The molecule has 4 heteroatoms. The van der Waals surface area contributed by atoms with Crippen LogP contribution >= 0.6 is 15.9 Å². The lowest BCUT2D eigenvalue weighted by atomic mass is 9.97. The van der Waals surface area contributed by atoms with E-state index in [4.69, 9.17) is 0 Å². The average molecular weight is 311 g/mol. The predicted molar refractivity (Wildman–Crippen MR) is 76.3 cm³/mol. The van der Waals surface area contributed by atoms with E-state index in [1.807, 2.05) is 44.0 Å². The monoisotopic (exact) mass is 310 g/mol. The van der Waals surface area contributed by atoms with Crippen LogP contribution in [0.25, 0.3) is 0 Å². The Morgan fingerprint density at radius 3 is 2.61 bits per heavy atom. The normalized spacial score (nSPS) is 20.2. The zero-order valence-electron chi connectivity index (χ0n) is 11.1. The molecule has 3 nitrogen and oxygen atoms in total. The van der Waals surface area contributed by atoms with E-state index in [0.29, 0.717) is 0 Å². The molecule has 1 aromatic carbocycles. The molecule has 1 saturated heterocycles. The number of piperazine rings is 1. The van der Waals surface area contributed by atoms with Crippen molar-refractivity contribution in [2.24, 2.45) is 0 Å². The van der Waals surface area contributed by atoms with Gasteiger partial charge in [-0.3, -0.25) is 9.69 Å². The number of amides is 1. The molecule has 0 aliphatic carbocycles. The summed E-state index contributed by atoms with van der Waals surface area (Å²) >= 11 is 3.57. The van der Waals surface area contributed by atoms with E-state index in [9.17, 15) is 4.79 Å². The van der Waals surface area contributed by atoms with Crippen LogP contribution in [-0.4, -0.2) is 41.4 Å². The fraction of sp³-hybridized carbons (Fsp3) is 0.500. The molecule has 0 bridgehead atoms. The molecule has 0 saturated carbocycles. The minimum Gasteiger partial charge on any atom is -0.343 e. The minimum atomic E-state index is -0.428. The zero-order chi connectivity index (χ0) is 13.3. The van der Waals surface area contributed by atoms with Crippen LogP contribution in [0.3, 0.4) is 0 Å². The first-order chi connectivity index (χ1) is 8.43. The highest BCUT2D eigenvalue weighted by Gasteiger charge is 2.40. The lowest BCUT2D eigenvalue weighted by Gasteiger charge is -2.44. The standard InChI is InChI=1S/C14H19BrN2O/c1-14(2)13(18)16(3)8-9-17(14)10-11-6-4-5-7-12(11)15/h4-7H,8-10H2,1-3H3. The summed E-state index contributed by atoms with van der Waals surface area (Å²) < 4.78 is 1.10. The number of rotatable bonds is 2. The first-order valence-corrected chi connectivity index (χ1v) is 6.96. The lowest BCUT2D eigenvalue weighted by molar-refractivity contribution is -0.147. The number of nitrogens with zero attached hydrogens (tertiary/aromatic N) is 2. The van der Waals surface area contributed by atoms with Crippen LogP contribution in [0.4, 0.5) is 0 Å². The van der Waals surface area contributed by atoms with Gasteiger partial charge < -0.3 is 4.90 Å². The molecule has 0 unspecified atom stereocenters. The third-order valence-electron chi connectivity index (χ3n) is 3.69. The first-order valence-electron chi connectivity index (χ1n) is 6.17. The molecule has 0 radical (unpaired) electrons. The van der Waals surface area contributed by atoms with Gasteiger partial charge in [0.1, 0.15) is 0 Å². The fourth-order valence-electron chi connectivity index (χ4n) is 2.36. The van der Waals surface area contributed by atoms with E-state index in [2.05, 4.69) is 26.9 Å². The van der Waals surface area contributed by atoms with Crippen molar-refractivity contribution in [3.05, 3.63) is 34.3 Å². The topological polar surface area (TPSA) is 23.6 Å². The molecular weight excluding hydrogens is 292 g/mol. The zero-order valence-corrected chi connectivity index (χ0v) is 12.7. The number of carbonyl (C=O) groups excluding carboxylic acids is 1. The average Bonchev–Trinajstić information content (AvgIpc) is 2.33. The van der Waals surface area contributed by atoms with Gasteiger partial charge >= 0.3 is 0 Å². The van der Waals surface area contributed by atoms with Gasteiger partial charge in [-0.25, -0.2) is 0 Å². The van der Waals surface area contributed by atoms with Crippen LogP contribution in [0.1, 0.15) is 19.4 Å². The van der Waals surface area contributed by atoms with Crippen LogP contribution in [-0.2, 0) is 11.3 Å². The highest BCUT2D eigenvalue weighted by atomic mass is 79.9. The molecule has 98 valence electrons. The third-order valence-corrected chi connectivity index (χ3v) is 4.46. The molecule has 1 aliphatic heterocycles. The fourth-order valence-corrected chi connectivity index (χ4v) is 2.77. The molecule has 2 rings (SSSR count).